The molecule has 1 spiro atoms. The zero-order valence-corrected chi connectivity index (χ0v) is 8.85. The van der Waals surface area contributed by atoms with Crippen molar-refractivity contribution in [2.75, 3.05) is 33.4 Å². The van der Waals surface area contributed by atoms with E-state index >= 15 is 0 Å². The van der Waals surface area contributed by atoms with E-state index in [1.54, 1.807) is 0 Å². The predicted molar refractivity (Wildman–Crippen MR) is 51.2 cm³/mol. The summed E-state index contributed by atoms with van der Waals surface area (Å²) in [7, 11) is 1.23. The molecule has 4 nitrogen and oxygen atoms in total. The molecule has 2 saturated heterocycles. The molecule has 0 amide bonds. The number of carbonyl (C=O) groups excluding carboxylic acids is 1. The highest BCUT2D eigenvalue weighted by molar-refractivity contribution is 5.81. The van der Waals surface area contributed by atoms with Crippen molar-refractivity contribution in [1.82, 2.24) is 5.32 Å². The summed E-state index contributed by atoms with van der Waals surface area (Å²) in [6.45, 7) is 1.62. The number of hydrogen-bond donors (Lipinski definition) is 1. The van der Waals surface area contributed by atoms with E-state index in [1.165, 1.54) is 7.11 Å². The minimum absolute atomic E-state index is 0.0552. The molecule has 0 unspecified atom stereocenters. The molecule has 2 aliphatic heterocycles. The van der Waals surface area contributed by atoms with Crippen molar-refractivity contribution in [3.8, 4) is 0 Å². The van der Waals surface area contributed by atoms with Crippen molar-refractivity contribution in [2.45, 2.75) is 18.5 Å². The summed E-state index contributed by atoms with van der Waals surface area (Å²) in [5.41, 5.74) is -2.51. The van der Waals surface area contributed by atoms with Crippen LogP contribution in [0.4, 0.5) is 4.39 Å². The minimum atomic E-state index is -1.88. The van der Waals surface area contributed by atoms with Crippen LogP contribution in [0.15, 0.2) is 0 Å². The van der Waals surface area contributed by atoms with Gasteiger partial charge in [0.2, 0.25) is 5.67 Å². The largest absolute Gasteiger partial charge is 0.467 e. The van der Waals surface area contributed by atoms with E-state index in [0.29, 0.717) is 32.6 Å². The number of halogens is 1. The number of ether oxygens (including phenoxy) is 2. The summed E-state index contributed by atoms with van der Waals surface area (Å²) in [4.78, 5) is 11.5. The predicted octanol–water partition coefficient (Wildman–Crippen LogP) is 0.268. The molecule has 0 bridgehead atoms. The van der Waals surface area contributed by atoms with Gasteiger partial charge in [0, 0.05) is 31.7 Å². The summed E-state index contributed by atoms with van der Waals surface area (Å²) in [6, 6.07) is 0. The molecule has 0 aromatic heterocycles. The minimum Gasteiger partial charge on any atom is -0.467 e. The Kier molecular flexibility index (Phi) is 2.68. The molecule has 2 aliphatic rings. The molecule has 1 N–H and O–H groups in total. The Morgan fingerprint density at radius 3 is 2.67 bits per heavy atom. The normalized spacial score (nSPS) is 34.3. The third kappa shape index (κ3) is 1.45. The maximum Gasteiger partial charge on any atom is 0.345 e. The number of alkyl halides is 1. The molecule has 0 aromatic carbocycles. The van der Waals surface area contributed by atoms with Gasteiger partial charge in [-0.3, -0.25) is 0 Å². The van der Waals surface area contributed by atoms with E-state index < -0.39 is 17.1 Å². The third-order valence-electron chi connectivity index (χ3n) is 3.63. The van der Waals surface area contributed by atoms with Gasteiger partial charge >= 0.3 is 5.97 Å². The van der Waals surface area contributed by atoms with Gasteiger partial charge in [-0.05, 0) is 12.8 Å². The maximum absolute atomic E-state index is 14.7. The molecular formula is C10H16FNO3. The Balaban J connectivity index is 2.26. The van der Waals surface area contributed by atoms with Gasteiger partial charge in [0.25, 0.3) is 0 Å². The second-order valence-corrected chi connectivity index (χ2v) is 4.29. The molecule has 5 heteroatoms. The molecule has 2 rings (SSSR count). The van der Waals surface area contributed by atoms with Crippen molar-refractivity contribution in [3.05, 3.63) is 0 Å². The van der Waals surface area contributed by atoms with E-state index in [9.17, 15) is 9.18 Å². The van der Waals surface area contributed by atoms with Crippen molar-refractivity contribution in [1.29, 1.82) is 0 Å². The molecule has 1 atom stereocenters. The van der Waals surface area contributed by atoms with Gasteiger partial charge in [-0.15, -0.1) is 0 Å². The zero-order valence-electron chi connectivity index (χ0n) is 8.85. The van der Waals surface area contributed by atoms with Crippen LogP contribution in [-0.2, 0) is 14.3 Å². The summed E-state index contributed by atoms with van der Waals surface area (Å²) in [5.74, 6) is -0.755. The Morgan fingerprint density at radius 2 is 2.07 bits per heavy atom. The lowest BCUT2D eigenvalue weighted by Crippen LogP contribution is -2.53. The van der Waals surface area contributed by atoms with Crippen LogP contribution in [0, 0.1) is 5.41 Å². The van der Waals surface area contributed by atoms with Crippen molar-refractivity contribution in [3.63, 3.8) is 0 Å². The van der Waals surface area contributed by atoms with Crippen molar-refractivity contribution < 1.29 is 18.7 Å². The fourth-order valence-electron chi connectivity index (χ4n) is 2.59. The number of esters is 1. The fraction of sp³-hybridized carbons (Fsp3) is 0.900. The van der Waals surface area contributed by atoms with Gasteiger partial charge in [-0.1, -0.05) is 0 Å². The van der Waals surface area contributed by atoms with E-state index in [4.69, 9.17) is 4.74 Å². The van der Waals surface area contributed by atoms with Gasteiger partial charge in [-0.25, -0.2) is 9.18 Å². The van der Waals surface area contributed by atoms with Gasteiger partial charge in [0.05, 0.1) is 7.11 Å². The topological polar surface area (TPSA) is 47.6 Å². The SMILES string of the molecule is COC(=O)[C@]1(F)CNCC12CCOCC2. The maximum atomic E-state index is 14.7. The molecule has 86 valence electrons. The second kappa shape index (κ2) is 3.72. The summed E-state index contributed by atoms with van der Waals surface area (Å²) in [6.07, 6.45) is 1.15. The first-order chi connectivity index (χ1) is 7.15. The molecule has 0 radical (unpaired) electrons. The summed E-state index contributed by atoms with van der Waals surface area (Å²) < 4.78 is 24.4. The number of rotatable bonds is 1. The lowest BCUT2D eigenvalue weighted by molar-refractivity contribution is -0.166. The quantitative estimate of drug-likeness (QED) is 0.640. The first kappa shape index (κ1) is 10.8. The average Bonchev–Trinajstić information content (AvgIpc) is 2.58. The monoisotopic (exact) mass is 217 g/mol. The molecule has 0 aliphatic carbocycles. The third-order valence-corrected chi connectivity index (χ3v) is 3.63. The summed E-state index contributed by atoms with van der Waals surface area (Å²) in [5, 5.41) is 2.96. The highest BCUT2D eigenvalue weighted by atomic mass is 19.1. The van der Waals surface area contributed by atoms with Crippen LogP contribution in [0.2, 0.25) is 0 Å². The highest BCUT2D eigenvalue weighted by Gasteiger charge is 2.61. The van der Waals surface area contributed by atoms with Gasteiger partial charge < -0.3 is 14.8 Å². The van der Waals surface area contributed by atoms with Crippen LogP contribution in [-0.4, -0.2) is 45.1 Å². The van der Waals surface area contributed by atoms with Crippen LogP contribution in [0.25, 0.3) is 0 Å². The van der Waals surface area contributed by atoms with Crippen molar-refractivity contribution in [2.24, 2.45) is 5.41 Å². The first-order valence-corrected chi connectivity index (χ1v) is 5.20. The van der Waals surface area contributed by atoms with Crippen LogP contribution in [0.1, 0.15) is 12.8 Å². The van der Waals surface area contributed by atoms with E-state index in [1.807, 2.05) is 0 Å². The highest BCUT2D eigenvalue weighted by Crippen LogP contribution is 2.46. The van der Waals surface area contributed by atoms with Crippen LogP contribution < -0.4 is 5.32 Å². The molecule has 0 saturated carbocycles. The molecule has 0 aromatic rings. The first-order valence-electron chi connectivity index (χ1n) is 5.20. The van der Waals surface area contributed by atoms with Gasteiger partial charge in [0.15, 0.2) is 0 Å². The smallest absolute Gasteiger partial charge is 0.345 e. The van der Waals surface area contributed by atoms with Crippen LogP contribution >= 0.6 is 0 Å². The standard InChI is InChI=1S/C10H16FNO3/c1-14-8(13)10(11)7-12-6-9(10)2-4-15-5-3-9/h12H,2-7H2,1H3/t10-/m1/s1. The Hall–Kier alpha value is -0.680. The van der Waals surface area contributed by atoms with Gasteiger partial charge in [0.1, 0.15) is 0 Å². The Morgan fingerprint density at radius 1 is 1.40 bits per heavy atom. The lowest BCUT2D eigenvalue weighted by atomic mass is 9.70. The molecule has 2 heterocycles. The van der Waals surface area contributed by atoms with E-state index in [-0.39, 0.29) is 6.54 Å². The Labute approximate surface area is 88.1 Å². The molecular weight excluding hydrogens is 201 g/mol. The lowest BCUT2D eigenvalue weighted by Gasteiger charge is -2.40. The number of carbonyl (C=O) groups is 1. The van der Waals surface area contributed by atoms with Crippen molar-refractivity contribution >= 4 is 5.97 Å². The average molecular weight is 217 g/mol. The number of methoxy groups -OCH3 is 1. The zero-order chi connectivity index (χ0) is 10.9. The fourth-order valence-corrected chi connectivity index (χ4v) is 2.59. The Bertz CT molecular complexity index is 265. The van der Waals surface area contributed by atoms with E-state index in [0.717, 1.165) is 0 Å². The summed E-state index contributed by atoms with van der Waals surface area (Å²) >= 11 is 0. The second-order valence-electron chi connectivity index (χ2n) is 4.29. The van der Waals surface area contributed by atoms with Crippen LogP contribution in [0.5, 0.6) is 0 Å². The van der Waals surface area contributed by atoms with Gasteiger partial charge in [-0.2, -0.15) is 0 Å². The molecule has 15 heavy (non-hydrogen) atoms. The molecule has 2 fully saturated rings. The number of nitrogens with one attached hydrogen (secondary N) is 1. The van der Waals surface area contributed by atoms with Crippen LogP contribution in [0.3, 0.4) is 0 Å². The number of hydrogen-bond acceptors (Lipinski definition) is 4. The van der Waals surface area contributed by atoms with E-state index in [2.05, 4.69) is 10.1 Å².